The molecule has 0 radical (unpaired) electrons. The summed E-state index contributed by atoms with van der Waals surface area (Å²) in [6.07, 6.45) is 2.94. The molecule has 2 rings (SSSR count). The Morgan fingerprint density at radius 1 is 1.32 bits per heavy atom. The van der Waals surface area contributed by atoms with E-state index in [2.05, 4.69) is 9.97 Å². The van der Waals surface area contributed by atoms with Gasteiger partial charge in [-0.2, -0.15) is 13.2 Å². The van der Waals surface area contributed by atoms with Gasteiger partial charge in [-0.1, -0.05) is 11.8 Å². The lowest BCUT2D eigenvalue weighted by atomic mass is 10.2. The van der Waals surface area contributed by atoms with Gasteiger partial charge in [-0.3, -0.25) is 4.79 Å². The van der Waals surface area contributed by atoms with Crippen LogP contribution in [-0.2, 0) is 9.84 Å². The normalized spacial score (nSPS) is 12.4. The molecular weight excluding hydrogens is 365 g/mol. The summed E-state index contributed by atoms with van der Waals surface area (Å²) in [4.78, 5) is 17.1. The second-order valence-corrected chi connectivity index (χ2v) is 7.19. The van der Waals surface area contributed by atoms with Crippen molar-refractivity contribution in [3.8, 4) is 0 Å². The second-order valence-electron chi connectivity index (χ2n) is 3.88. The average Bonchev–Trinajstić information content (AvgIpc) is 2.90. The molecule has 0 bridgehead atoms. The largest absolute Gasteiger partial charge is 0.501 e. The Morgan fingerprint density at radius 3 is 2.50 bits per heavy atom. The van der Waals surface area contributed by atoms with Gasteiger partial charge >= 0.3 is 5.51 Å². The van der Waals surface area contributed by atoms with Gasteiger partial charge in [0.05, 0.1) is 4.90 Å². The fraction of sp³-hybridized carbons (Fsp3) is 0.0909. The lowest BCUT2D eigenvalue weighted by Gasteiger charge is -2.10. The highest BCUT2D eigenvalue weighted by atomic mass is 35.5. The van der Waals surface area contributed by atoms with Gasteiger partial charge in [0.25, 0.3) is 15.1 Å². The van der Waals surface area contributed by atoms with Crippen LogP contribution in [0.1, 0.15) is 10.4 Å². The molecule has 0 fully saturated rings. The zero-order valence-corrected chi connectivity index (χ0v) is 12.8. The molecule has 22 heavy (non-hydrogen) atoms. The molecule has 2 aromatic rings. The van der Waals surface area contributed by atoms with Crippen LogP contribution in [0.15, 0.2) is 45.5 Å². The van der Waals surface area contributed by atoms with Crippen molar-refractivity contribution >= 4 is 38.4 Å². The molecule has 0 aliphatic carbocycles. The number of alkyl halides is 3. The van der Waals surface area contributed by atoms with E-state index < -0.39 is 25.5 Å². The average molecular weight is 371 g/mol. The number of aromatic amines is 1. The summed E-state index contributed by atoms with van der Waals surface area (Å²) in [5.74, 6) is 0. The number of rotatable bonds is 4. The number of H-pyrrole nitrogens is 1. The number of halogens is 4. The maximum atomic E-state index is 12.5. The maximum Gasteiger partial charge on any atom is 0.501 e. The number of nitrogens with one attached hydrogen (secondary N) is 1. The van der Waals surface area contributed by atoms with Crippen molar-refractivity contribution < 1.29 is 26.4 Å². The number of hydrogen-bond acceptors (Lipinski definition) is 5. The summed E-state index contributed by atoms with van der Waals surface area (Å²) >= 11 is 6.25. The third-order valence-electron chi connectivity index (χ3n) is 2.46. The number of hydrogen-bond donors (Lipinski definition) is 1. The molecule has 0 unspecified atom stereocenters. The predicted molar refractivity (Wildman–Crippen MR) is 72.6 cm³/mol. The van der Waals surface area contributed by atoms with Crippen molar-refractivity contribution in [3.05, 3.63) is 36.2 Å². The number of carbonyl (C=O) groups is 1. The summed E-state index contributed by atoms with van der Waals surface area (Å²) in [6, 6.07) is 2.43. The molecule has 1 aromatic carbocycles. The summed E-state index contributed by atoms with van der Waals surface area (Å²) in [5.41, 5.74) is -5.82. The molecule has 0 saturated heterocycles. The van der Waals surface area contributed by atoms with Gasteiger partial charge < -0.3 is 4.98 Å². The van der Waals surface area contributed by atoms with Crippen LogP contribution in [0.2, 0.25) is 0 Å². The molecule has 0 saturated carbocycles. The maximum absolute atomic E-state index is 12.5. The third-order valence-corrected chi connectivity index (χ3v) is 5.14. The predicted octanol–water partition coefficient (Wildman–Crippen LogP) is 3.23. The Bertz CT molecular complexity index is 804. The molecular formula is C11H6ClF3N2O3S2. The summed E-state index contributed by atoms with van der Waals surface area (Å²) in [5, 5.41) is -0.709. The fourth-order valence-corrected chi connectivity index (χ4v) is 3.31. The molecule has 0 aliphatic heterocycles. The number of sulfone groups is 1. The van der Waals surface area contributed by atoms with Crippen LogP contribution >= 0.6 is 23.4 Å². The molecule has 1 heterocycles. The monoisotopic (exact) mass is 370 g/mol. The quantitative estimate of drug-likeness (QED) is 0.836. The highest BCUT2D eigenvalue weighted by molar-refractivity contribution is 7.99. The first-order valence-electron chi connectivity index (χ1n) is 5.45. The first-order chi connectivity index (χ1) is 10.1. The molecule has 11 heteroatoms. The molecule has 118 valence electrons. The Morgan fingerprint density at radius 2 is 2.00 bits per heavy atom. The van der Waals surface area contributed by atoms with Gasteiger partial charge in [0.2, 0.25) is 0 Å². The van der Waals surface area contributed by atoms with Gasteiger partial charge in [-0.15, -0.1) is 0 Å². The summed E-state index contributed by atoms with van der Waals surface area (Å²) < 4.78 is 60.3. The highest BCUT2D eigenvalue weighted by Crippen LogP contribution is 2.35. The van der Waals surface area contributed by atoms with E-state index in [0.29, 0.717) is 11.2 Å². The van der Waals surface area contributed by atoms with E-state index in [-0.39, 0.29) is 10.5 Å². The first kappa shape index (κ1) is 16.8. The van der Waals surface area contributed by atoms with Crippen LogP contribution in [0.4, 0.5) is 13.2 Å². The zero-order chi connectivity index (χ0) is 16.5. The molecule has 0 spiro atoms. The molecule has 1 N–H and O–H groups in total. The van der Waals surface area contributed by atoms with Crippen molar-refractivity contribution in [2.75, 3.05) is 0 Å². The minimum absolute atomic E-state index is 0.177. The smallest absolute Gasteiger partial charge is 0.339 e. The van der Waals surface area contributed by atoms with Crippen LogP contribution in [0.5, 0.6) is 0 Å². The number of carbonyl (C=O) groups excluding carboxylic acids is 1. The minimum Gasteiger partial charge on any atom is -0.339 e. The SMILES string of the molecule is O=C(Cl)c1cc(S(=O)(=O)C(F)(F)F)ccc1Sc1ncc[nH]1. The van der Waals surface area contributed by atoms with E-state index >= 15 is 0 Å². The van der Waals surface area contributed by atoms with Crippen LogP contribution < -0.4 is 0 Å². The summed E-state index contributed by atoms with van der Waals surface area (Å²) in [6.45, 7) is 0. The number of aromatic nitrogens is 2. The molecule has 0 atom stereocenters. The first-order valence-corrected chi connectivity index (χ1v) is 8.13. The Kier molecular flexibility index (Phi) is 4.54. The highest BCUT2D eigenvalue weighted by Gasteiger charge is 2.47. The fourth-order valence-electron chi connectivity index (χ4n) is 1.46. The number of nitrogens with zero attached hydrogens (tertiary/aromatic N) is 1. The van der Waals surface area contributed by atoms with E-state index in [1.54, 1.807) is 0 Å². The van der Waals surface area contributed by atoms with Crippen LogP contribution in [0.25, 0.3) is 0 Å². The van der Waals surface area contributed by atoms with Crippen LogP contribution in [0.3, 0.4) is 0 Å². The van der Waals surface area contributed by atoms with E-state index in [1.165, 1.54) is 12.4 Å². The lowest BCUT2D eigenvalue weighted by molar-refractivity contribution is -0.0436. The van der Waals surface area contributed by atoms with E-state index in [1.807, 2.05) is 0 Å². The molecule has 1 aromatic heterocycles. The summed E-state index contributed by atoms with van der Waals surface area (Å²) in [7, 11) is -5.55. The van der Waals surface area contributed by atoms with Crippen molar-refractivity contribution in [2.24, 2.45) is 0 Å². The van der Waals surface area contributed by atoms with Crippen molar-refractivity contribution in [2.45, 2.75) is 20.5 Å². The molecule has 0 aliphatic rings. The Hall–Kier alpha value is -1.52. The third kappa shape index (κ3) is 3.28. The number of imidazole rings is 1. The van der Waals surface area contributed by atoms with E-state index in [9.17, 15) is 26.4 Å². The van der Waals surface area contributed by atoms with Crippen molar-refractivity contribution in [1.29, 1.82) is 0 Å². The van der Waals surface area contributed by atoms with Gasteiger partial charge in [-0.05, 0) is 29.8 Å². The van der Waals surface area contributed by atoms with Crippen molar-refractivity contribution in [3.63, 3.8) is 0 Å². The molecule has 0 amide bonds. The number of benzene rings is 1. The topological polar surface area (TPSA) is 79.9 Å². The Balaban J connectivity index is 2.51. The lowest BCUT2D eigenvalue weighted by Crippen LogP contribution is -2.23. The zero-order valence-electron chi connectivity index (χ0n) is 10.4. The van der Waals surface area contributed by atoms with Crippen LogP contribution in [0, 0.1) is 0 Å². The Labute approximate surface area is 131 Å². The minimum atomic E-state index is -5.55. The standard InChI is InChI=1S/C11H6ClF3N2O3S2/c12-9(18)7-5-6(22(19,20)11(13,14)15)1-2-8(7)21-10-16-3-4-17-10/h1-5H,(H,16,17). The van der Waals surface area contributed by atoms with Gasteiger partial charge in [-0.25, -0.2) is 13.4 Å². The second kappa shape index (κ2) is 5.94. The van der Waals surface area contributed by atoms with Gasteiger partial charge in [0.1, 0.15) is 0 Å². The van der Waals surface area contributed by atoms with E-state index in [0.717, 1.165) is 23.9 Å². The molecule has 5 nitrogen and oxygen atoms in total. The van der Waals surface area contributed by atoms with Gasteiger partial charge in [0, 0.05) is 22.9 Å². The van der Waals surface area contributed by atoms with Crippen LogP contribution in [-0.4, -0.2) is 29.1 Å². The van der Waals surface area contributed by atoms with E-state index in [4.69, 9.17) is 11.6 Å². The van der Waals surface area contributed by atoms with Gasteiger partial charge in [0.15, 0.2) is 5.16 Å². The van der Waals surface area contributed by atoms with Crippen molar-refractivity contribution in [1.82, 2.24) is 9.97 Å².